The Kier molecular flexibility index (Phi) is 5.27. The lowest BCUT2D eigenvalue weighted by Gasteiger charge is -2.31. The van der Waals surface area contributed by atoms with E-state index in [0.717, 1.165) is 26.2 Å². The van der Waals surface area contributed by atoms with Gasteiger partial charge in [-0.2, -0.15) is 0 Å². The summed E-state index contributed by atoms with van der Waals surface area (Å²) in [5.41, 5.74) is 2.53. The average molecular weight is 323 g/mol. The third-order valence-corrected chi connectivity index (χ3v) is 5.36. The summed E-state index contributed by atoms with van der Waals surface area (Å²) in [6, 6.07) is 17.2. The normalized spacial score (nSPS) is 12.4. The van der Waals surface area contributed by atoms with E-state index in [4.69, 9.17) is 0 Å². The molecule has 3 heteroatoms. The quantitative estimate of drug-likeness (QED) is 0.864. The van der Waals surface area contributed by atoms with E-state index in [-0.39, 0.29) is 0 Å². The summed E-state index contributed by atoms with van der Waals surface area (Å²) in [5, 5.41) is 0. The van der Waals surface area contributed by atoms with Gasteiger partial charge in [0.25, 0.3) is 0 Å². The molecular formula is C20H23N2S+. The second-order valence-electron chi connectivity index (χ2n) is 5.61. The molecule has 1 heterocycles. The number of benzene rings is 2. The molecule has 0 fully saturated rings. The lowest BCUT2D eigenvalue weighted by Crippen LogP contribution is -3.11. The molecule has 0 aromatic heterocycles. The molecule has 3 rings (SSSR count). The molecule has 1 aliphatic heterocycles. The topological polar surface area (TPSA) is 7.68 Å². The first-order valence-electron chi connectivity index (χ1n) is 8.26. The molecule has 2 aromatic carbocycles. The Hall–Kier alpha value is -1.89. The Labute approximate surface area is 143 Å². The second kappa shape index (κ2) is 7.59. The fourth-order valence-electron chi connectivity index (χ4n) is 2.77. The molecule has 1 N–H and O–H groups in total. The van der Waals surface area contributed by atoms with Gasteiger partial charge >= 0.3 is 0 Å². The number of quaternary nitrogens is 1. The molecule has 0 bridgehead atoms. The summed E-state index contributed by atoms with van der Waals surface area (Å²) >= 11 is 1.84. The van der Waals surface area contributed by atoms with Crippen LogP contribution >= 0.6 is 11.8 Å². The van der Waals surface area contributed by atoms with Gasteiger partial charge in [0.1, 0.15) is 6.54 Å². The van der Waals surface area contributed by atoms with Crippen molar-refractivity contribution in [3.63, 3.8) is 0 Å². The zero-order valence-corrected chi connectivity index (χ0v) is 14.6. The van der Waals surface area contributed by atoms with Crippen LogP contribution in [0.3, 0.4) is 0 Å². The lowest BCUT2D eigenvalue weighted by atomic mass is 10.2. The van der Waals surface area contributed by atoms with Gasteiger partial charge in [-0.25, -0.2) is 0 Å². The molecule has 2 nitrogen and oxygen atoms in total. The third kappa shape index (κ3) is 3.55. The first-order valence-corrected chi connectivity index (χ1v) is 9.07. The summed E-state index contributed by atoms with van der Waals surface area (Å²) in [5.74, 6) is 6.74. The van der Waals surface area contributed by atoms with Gasteiger partial charge in [-0.15, -0.1) is 0 Å². The SMILES string of the molecule is CC[NH+](CC)CC#CCN1c2ccccc2Sc2ccccc21. The maximum Gasteiger partial charge on any atom is 0.139 e. The van der Waals surface area contributed by atoms with E-state index < -0.39 is 0 Å². The summed E-state index contributed by atoms with van der Waals surface area (Å²) in [7, 11) is 0. The smallest absolute Gasteiger partial charge is 0.139 e. The van der Waals surface area contributed by atoms with Crippen LogP contribution in [0.5, 0.6) is 0 Å². The van der Waals surface area contributed by atoms with E-state index in [1.54, 1.807) is 0 Å². The van der Waals surface area contributed by atoms with Gasteiger partial charge in [0, 0.05) is 9.79 Å². The van der Waals surface area contributed by atoms with Gasteiger partial charge in [-0.3, -0.25) is 0 Å². The molecule has 0 saturated heterocycles. The molecule has 0 radical (unpaired) electrons. The van der Waals surface area contributed by atoms with E-state index in [9.17, 15) is 0 Å². The molecule has 0 aliphatic carbocycles. The van der Waals surface area contributed by atoms with Gasteiger partial charge in [-0.1, -0.05) is 41.9 Å². The molecule has 1 aliphatic rings. The Morgan fingerprint density at radius 3 is 2.00 bits per heavy atom. The zero-order chi connectivity index (χ0) is 16.1. The van der Waals surface area contributed by atoms with Crippen LogP contribution in [-0.2, 0) is 0 Å². The van der Waals surface area contributed by atoms with E-state index in [0.29, 0.717) is 0 Å². The minimum Gasteiger partial charge on any atom is -0.328 e. The fraction of sp³-hybridized carbons (Fsp3) is 0.300. The van der Waals surface area contributed by atoms with Crippen LogP contribution < -0.4 is 9.80 Å². The van der Waals surface area contributed by atoms with Crippen molar-refractivity contribution in [3.05, 3.63) is 48.5 Å². The number of hydrogen-bond donors (Lipinski definition) is 1. The molecule has 0 saturated carbocycles. The fourth-order valence-corrected chi connectivity index (χ4v) is 3.87. The first-order chi connectivity index (χ1) is 11.3. The average Bonchev–Trinajstić information content (AvgIpc) is 2.61. The minimum atomic E-state index is 0.745. The maximum absolute atomic E-state index is 3.38. The van der Waals surface area contributed by atoms with Crippen molar-refractivity contribution in [1.29, 1.82) is 0 Å². The van der Waals surface area contributed by atoms with Crippen LogP contribution in [0.25, 0.3) is 0 Å². The Morgan fingerprint density at radius 1 is 0.870 bits per heavy atom. The van der Waals surface area contributed by atoms with E-state index >= 15 is 0 Å². The van der Waals surface area contributed by atoms with Gasteiger partial charge < -0.3 is 9.80 Å². The maximum atomic E-state index is 3.38. The summed E-state index contributed by atoms with van der Waals surface area (Å²) in [6.07, 6.45) is 0. The number of hydrogen-bond acceptors (Lipinski definition) is 2. The minimum absolute atomic E-state index is 0.745. The van der Waals surface area contributed by atoms with Crippen LogP contribution in [0, 0.1) is 11.8 Å². The highest BCUT2D eigenvalue weighted by Gasteiger charge is 2.21. The summed E-state index contributed by atoms with van der Waals surface area (Å²) in [6.45, 7) is 8.38. The number of nitrogens with zero attached hydrogens (tertiary/aromatic N) is 1. The highest BCUT2D eigenvalue weighted by Crippen LogP contribution is 2.47. The predicted octanol–water partition coefficient (Wildman–Crippen LogP) is 3.22. The molecule has 0 unspecified atom stereocenters. The van der Waals surface area contributed by atoms with Crippen molar-refractivity contribution in [1.82, 2.24) is 0 Å². The van der Waals surface area contributed by atoms with Crippen molar-refractivity contribution in [2.45, 2.75) is 23.6 Å². The van der Waals surface area contributed by atoms with Gasteiger partial charge in [0.05, 0.1) is 31.0 Å². The summed E-state index contributed by atoms with van der Waals surface area (Å²) in [4.78, 5) is 6.49. The number of rotatable bonds is 4. The molecule has 0 spiro atoms. The summed E-state index contributed by atoms with van der Waals surface area (Å²) < 4.78 is 0. The number of nitrogens with one attached hydrogen (secondary N) is 1. The Balaban J connectivity index is 1.83. The predicted molar refractivity (Wildman–Crippen MR) is 98.7 cm³/mol. The van der Waals surface area contributed by atoms with E-state index in [1.165, 1.54) is 26.1 Å². The standard InChI is InChI=1S/C20H22N2S/c1-3-21(4-2)15-9-10-16-22-17-11-5-7-13-19(17)23-20-14-8-6-12-18(20)22/h5-8,11-14H,3-4,15-16H2,1-2H3/p+1. The second-order valence-corrected chi connectivity index (χ2v) is 6.69. The van der Waals surface area contributed by atoms with Gasteiger partial charge in [0.15, 0.2) is 0 Å². The van der Waals surface area contributed by atoms with Gasteiger partial charge in [0.2, 0.25) is 0 Å². The number of fused-ring (bicyclic) bond motifs is 2. The van der Waals surface area contributed by atoms with Crippen LogP contribution in [-0.4, -0.2) is 26.2 Å². The first kappa shape index (κ1) is 16.0. The van der Waals surface area contributed by atoms with Crippen molar-refractivity contribution in [3.8, 4) is 11.8 Å². The van der Waals surface area contributed by atoms with Crippen LogP contribution in [0.4, 0.5) is 11.4 Å². The highest BCUT2D eigenvalue weighted by molar-refractivity contribution is 7.99. The highest BCUT2D eigenvalue weighted by atomic mass is 32.2. The molecule has 118 valence electrons. The van der Waals surface area contributed by atoms with Crippen LogP contribution in [0.1, 0.15) is 13.8 Å². The van der Waals surface area contributed by atoms with Crippen molar-refractivity contribution in [2.75, 3.05) is 31.1 Å². The Bertz CT molecular complexity index is 680. The monoisotopic (exact) mass is 323 g/mol. The number of para-hydroxylation sites is 2. The Morgan fingerprint density at radius 2 is 1.43 bits per heavy atom. The molecule has 2 aromatic rings. The number of anilines is 2. The van der Waals surface area contributed by atoms with Crippen molar-refractivity contribution >= 4 is 23.1 Å². The molecular weight excluding hydrogens is 300 g/mol. The lowest BCUT2D eigenvalue weighted by molar-refractivity contribution is -0.889. The van der Waals surface area contributed by atoms with Crippen LogP contribution in [0.2, 0.25) is 0 Å². The largest absolute Gasteiger partial charge is 0.328 e. The van der Waals surface area contributed by atoms with Crippen LogP contribution in [0.15, 0.2) is 58.3 Å². The van der Waals surface area contributed by atoms with Crippen molar-refractivity contribution < 1.29 is 4.90 Å². The zero-order valence-electron chi connectivity index (χ0n) is 13.8. The molecule has 23 heavy (non-hydrogen) atoms. The molecule has 0 atom stereocenters. The molecule has 0 amide bonds. The van der Waals surface area contributed by atoms with Crippen molar-refractivity contribution in [2.24, 2.45) is 0 Å². The van der Waals surface area contributed by atoms with E-state index in [2.05, 4.69) is 79.1 Å². The third-order valence-electron chi connectivity index (χ3n) is 4.23. The van der Waals surface area contributed by atoms with E-state index in [1.807, 2.05) is 11.8 Å². The van der Waals surface area contributed by atoms with Gasteiger partial charge in [-0.05, 0) is 44.0 Å².